The zero-order chi connectivity index (χ0) is 13.1. The lowest BCUT2D eigenvalue weighted by molar-refractivity contribution is -0.135. The second-order valence-corrected chi connectivity index (χ2v) is 4.56. The lowest BCUT2D eigenvalue weighted by atomic mass is 10.2. The molecule has 1 fully saturated rings. The minimum atomic E-state index is -0.974. The number of carboxylic acids is 1. The number of carboxylic acid groups (broad SMARTS) is 1. The second-order valence-electron chi connectivity index (χ2n) is 4.56. The van der Waals surface area contributed by atoms with Crippen LogP contribution in [0.5, 0.6) is 0 Å². The molecule has 1 heterocycles. The number of rotatable bonds is 4. The molecule has 0 radical (unpaired) electrons. The molecule has 0 saturated heterocycles. The van der Waals surface area contributed by atoms with Gasteiger partial charge in [0.15, 0.2) is 11.6 Å². The second kappa shape index (κ2) is 5.29. The van der Waals surface area contributed by atoms with Gasteiger partial charge >= 0.3 is 5.97 Å². The number of aromatic nitrogens is 2. The first kappa shape index (κ1) is 12.7. The van der Waals surface area contributed by atoms with E-state index in [1.54, 1.807) is 11.8 Å². The Morgan fingerprint density at radius 3 is 2.78 bits per heavy atom. The predicted octanol–water partition coefficient (Wildman–Crippen LogP) is 1.76. The average molecular weight is 253 g/mol. The molecule has 5 nitrogen and oxygen atoms in total. The van der Waals surface area contributed by atoms with Crippen LogP contribution in [0.25, 0.3) is 0 Å². The highest BCUT2D eigenvalue weighted by molar-refractivity contribution is 5.73. The molecule has 1 N–H and O–H groups in total. The van der Waals surface area contributed by atoms with Crippen LogP contribution in [-0.2, 0) is 4.79 Å². The van der Waals surface area contributed by atoms with Crippen molar-refractivity contribution in [1.82, 2.24) is 9.97 Å². The third kappa shape index (κ3) is 2.57. The Balaban J connectivity index is 2.32. The van der Waals surface area contributed by atoms with E-state index in [1.807, 2.05) is 0 Å². The monoisotopic (exact) mass is 253 g/mol. The predicted molar refractivity (Wildman–Crippen MR) is 64.0 cm³/mol. The van der Waals surface area contributed by atoms with Crippen LogP contribution >= 0.6 is 0 Å². The van der Waals surface area contributed by atoms with Gasteiger partial charge in [0.25, 0.3) is 0 Å². The SMILES string of the molecule is Cc1ncnc(N(CC(=O)O)C2CCCC2)c1F. The Morgan fingerprint density at radius 1 is 1.50 bits per heavy atom. The van der Waals surface area contributed by atoms with Gasteiger partial charge in [0.1, 0.15) is 12.9 Å². The molecule has 0 amide bonds. The fraction of sp³-hybridized carbons (Fsp3) is 0.583. The quantitative estimate of drug-likeness (QED) is 0.885. The zero-order valence-electron chi connectivity index (χ0n) is 10.3. The van der Waals surface area contributed by atoms with Crippen LogP contribution in [0.4, 0.5) is 10.2 Å². The van der Waals surface area contributed by atoms with E-state index in [4.69, 9.17) is 5.11 Å². The van der Waals surface area contributed by atoms with E-state index in [1.165, 1.54) is 6.33 Å². The standard InChI is InChI=1S/C12H16FN3O2/c1-8-11(13)12(15-7-14-8)16(6-10(17)18)9-4-2-3-5-9/h7,9H,2-6H2,1H3,(H,17,18). The van der Waals surface area contributed by atoms with Crippen molar-refractivity contribution in [3.8, 4) is 0 Å². The smallest absolute Gasteiger partial charge is 0.323 e. The van der Waals surface area contributed by atoms with Gasteiger partial charge in [0.05, 0.1) is 5.69 Å². The van der Waals surface area contributed by atoms with E-state index < -0.39 is 11.8 Å². The molecule has 0 spiro atoms. The molecule has 1 aliphatic carbocycles. The summed E-state index contributed by atoms with van der Waals surface area (Å²) in [6.45, 7) is 1.33. The molecule has 6 heteroatoms. The van der Waals surface area contributed by atoms with Crippen molar-refractivity contribution >= 4 is 11.8 Å². The maximum Gasteiger partial charge on any atom is 0.323 e. The van der Waals surface area contributed by atoms with Gasteiger partial charge < -0.3 is 10.0 Å². The van der Waals surface area contributed by atoms with Crippen molar-refractivity contribution in [1.29, 1.82) is 0 Å². The van der Waals surface area contributed by atoms with Gasteiger partial charge in [0.2, 0.25) is 0 Å². The molecule has 1 aromatic heterocycles. The van der Waals surface area contributed by atoms with Crippen molar-refractivity contribution in [2.24, 2.45) is 0 Å². The van der Waals surface area contributed by atoms with Crippen molar-refractivity contribution < 1.29 is 14.3 Å². The molecule has 98 valence electrons. The number of carbonyl (C=O) groups is 1. The first-order chi connectivity index (χ1) is 8.59. The highest BCUT2D eigenvalue weighted by Crippen LogP contribution is 2.28. The van der Waals surface area contributed by atoms with Crippen LogP contribution < -0.4 is 4.90 Å². The Labute approximate surface area is 105 Å². The third-order valence-corrected chi connectivity index (χ3v) is 3.29. The summed E-state index contributed by atoms with van der Waals surface area (Å²) in [5, 5.41) is 8.96. The zero-order valence-corrected chi connectivity index (χ0v) is 10.3. The van der Waals surface area contributed by atoms with Gasteiger partial charge in [-0.2, -0.15) is 0 Å². The first-order valence-electron chi connectivity index (χ1n) is 6.05. The average Bonchev–Trinajstić information content (AvgIpc) is 2.83. The first-order valence-corrected chi connectivity index (χ1v) is 6.05. The Morgan fingerprint density at radius 2 is 2.17 bits per heavy atom. The number of nitrogens with zero attached hydrogens (tertiary/aromatic N) is 3. The van der Waals surface area contributed by atoms with Gasteiger partial charge in [-0.25, -0.2) is 14.4 Å². The van der Waals surface area contributed by atoms with Crippen LogP contribution in [0.3, 0.4) is 0 Å². The summed E-state index contributed by atoms with van der Waals surface area (Å²) in [5.41, 5.74) is 0.244. The maximum atomic E-state index is 14.0. The van der Waals surface area contributed by atoms with E-state index in [-0.39, 0.29) is 24.1 Å². The fourth-order valence-corrected chi connectivity index (χ4v) is 2.38. The number of aliphatic carboxylic acids is 1. The lowest BCUT2D eigenvalue weighted by Crippen LogP contribution is -2.39. The molecule has 0 unspecified atom stereocenters. The summed E-state index contributed by atoms with van der Waals surface area (Å²) in [4.78, 5) is 20.2. The minimum absolute atomic E-state index is 0.0601. The van der Waals surface area contributed by atoms with Crippen LogP contribution in [0, 0.1) is 12.7 Å². The van der Waals surface area contributed by atoms with Gasteiger partial charge in [-0.05, 0) is 19.8 Å². The summed E-state index contributed by atoms with van der Waals surface area (Å²) in [5.74, 6) is -1.39. The highest BCUT2D eigenvalue weighted by atomic mass is 19.1. The van der Waals surface area contributed by atoms with E-state index in [0.29, 0.717) is 0 Å². The topological polar surface area (TPSA) is 66.3 Å². The van der Waals surface area contributed by atoms with Crippen molar-refractivity contribution in [2.75, 3.05) is 11.4 Å². The van der Waals surface area contributed by atoms with E-state index in [9.17, 15) is 9.18 Å². The third-order valence-electron chi connectivity index (χ3n) is 3.29. The van der Waals surface area contributed by atoms with Crippen LogP contribution in [0.2, 0.25) is 0 Å². The molecule has 0 atom stereocenters. The normalized spacial score (nSPS) is 15.9. The summed E-state index contributed by atoms with van der Waals surface area (Å²) in [6, 6.07) is 0.0601. The summed E-state index contributed by atoms with van der Waals surface area (Å²) >= 11 is 0. The van der Waals surface area contributed by atoms with E-state index in [2.05, 4.69) is 9.97 Å². The number of halogens is 1. The number of aryl methyl sites for hydroxylation is 1. The Bertz CT molecular complexity index is 447. The van der Waals surface area contributed by atoms with Gasteiger partial charge in [-0.15, -0.1) is 0 Å². The van der Waals surface area contributed by atoms with Gasteiger partial charge in [0, 0.05) is 6.04 Å². The lowest BCUT2D eigenvalue weighted by Gasteiger charge is -2.28. The molecule has 18 heavy (non-hydrogen) atoms. The van der Waals surface area contributed by atoms with E-state index in [0.717, 1.165) is 25.7 Å². The van der Waals surface area contributed by atoms with Crippen molar-refractivity contribution in [2.45, 2.75) is 38.6 Å². The number of anilines is 1. The largest absolute Gasteiger partial charge is 0.480 e. The Hall–Kier alpha value is -1.72. The Kier molecular flexibility index (Phi) is 3.74. The number of hydrogen-bond acceptors (Lipinski definition) is 4. The summed E-state index contributed by atoms with van der Waals surface area (Å²) < 4.78 is 14.0. The summed E-state index contributed by atoms with van der Waals surface area (Å²) in [6.07, 6.45) is 5.14. The molecule has 1 aliphatic rings. The fourth-order valence-electron chi connectivity index (χ4n) is 2.38. The molecular formula is C12H16FN3O2. The number of hydrogen-bond donors (Lipinski definition) is 1. The van der Waals surface area contributed by atoms with Crippen molar-refractivity contribution in [3.05, 3.63) is 17.8 Å². The molecule has 0 aromatic carbocycles. The van der Waals surface area contributed by atoms with Crippen LogP contribution in [0.1, 0.15) is 31.4 Å². The molecule has 1 aromatic rings. The molecule has 1 saturated carbocycles. The van der Waals surface area contributed by atoms with Crippen LogP contribution in [-0.4, -0.2) is 33.6 Å². The molecular weight excluding hydrogens is 237 g/mol. The maximum absolute atomic E-state index is 14.0. The van der Waals surface area contributed by atoms with Gasteiger partial charge in [-0.1, -0.05) is 12.8 Å². The highest BCUT2D eigenvalue weighted by Gasteiger charge is 2.28. The summed E-state index contributed by atoms with van der Waals surface area (Å²) in [7, 11) is 0. The van der Waals surface area contributed by atoms with Gasteiger partial charge in [-0.3, -0.25) is 4.79 Å². The molecule has 0 aliphatic heterocycles. The molecule has 2 rings (SSSR count). The minimum Gasteiger partial charge on any atom is -0.480 e. The van der Waals surface area contributed by atoms with E-state index >= 15 is 0 Å². The van der Waals surface area contributed by atoms with Crippen LogP contribution in [0.15, 0.2) is 6.33 Å². The van der Waals surface area contributed by atoms with Crippen molar-refractivity contribution in [3.63, 3.8) is 0 Å². The molecule has 0 bridgehead atoms.